The number of anilines is 1. The standard InChI is InChI=1S/C34H37N3O9/c1-41-19-20-44-33(40)36-30-17-18-37(32(39)35-30)31-21-28(38)29(46-31)22-45-34(23-7-5-4-6-8-23,24-9-13-26(42-2)14-10-24)25-11-15-27(43-3)16-12-25/h4-18,28-29,31,38H,19-22H2,1-3H3,(H,35,36,39,40)/t28-,29+,31+/m0/s1. The minimum atomic E-state index is -1.11. The summed E-state index contributed by atoms with van der Waals surface area (Å²) in [6, 6.07) is 26.5. The minimum Gasteiger partial charge on any atom is -0.497 e. The molecule has 0 unspecified atom stereocenters. The third kappa shape index (κ3) is 7.21. The van der Waals surface area contributed by atoms with Crippen molar-refractivity contribution in [3.63, 3.8) is 0 Å². The average Bonchev–Trinajstić information content (AvgIpc) is 3.45. The fraction of sp³-hybridized carbons (Fsp3) is 0.324. The zero-order valence-electron chi connectivity index (χ0n) is 25.8. The molecule has 12 heteroatoms. The van der Waals surface area contributed by atoms with Crippen molar-refractivity contribution in [1.29, 1.82) is 0 Å². The highest BCUT2D eigenvalue weighted by Gasteiger charge is 2.42. The van der Waals surface area contributed by atoms with Gasteiger partial charge in [0.2, 0.25) is 0 Å². The number of aromatic nitrogens is 2. The third-order valence-electron chi connectivity index (χ3n) is 7.73. The highest BCUT2D eigenvalue weighted by molar-refractivity contribution is 5.83. The van der Waals surface area contributed by atoms with Crippen molar-refractivity contribution < 1.29 is 38.3 Å². The highest BCUT2D eigenvalue weighted by atomic mass is 16.6. The second-order valence-corrected chi connectivity index (χ2v) is 10.5. The molecule has 3 atom stereocenters. The molecule has 1 aliphatic rings. The van der Waals surface area contributed by atoms with Crippen LogP contribution in [0, 0.1) is 0 Å². The summed E-state index contributed by atoms with van der Waals surface area (Å²) in [6.07, 6.45) is -1.70. The number of amides is 1. The van der Waals surface area contributed by atoms with Crippen molar-refractivity contribution >= 4 is 11.9 Å². The van der Waals surface area contributed by atoms with Gasteiger partial charge >= 0.3 is 11.8 Å². The summed E-state index contributed by atoms with van der Waals surface area (Å²) in [5.74, 6) is 1.41. The van der Waals surface area contributed by atoms with Gasteiger partial charge in [-0.1, -0.05) is 54.6 Å². The molecular weight excluding hydrogens is 594 g/mol. The highest BCUT2D eigenvalue weighted by Crippen LogP contribution is 2.42. The van der Waals surface area contributed by atoms with E-state index >= 15 is 0 Å². The zero-order valence-corrected chi connectivity index (χ0v) is 25.8. The fourth-order valence-electron chi connectivity index (χ4n) is 5.38. The number of hydrogen-bond donors (Lipinski definition) is 2. The van der Waals surface area contributed by atoms with Crippen LogP contribution in [0.3, 0.4) is 0 Å². The van der Waals surface area contributed by atoms with E-state index in [9.17, 15) is 14.7 Å². The molecule has 1 aromatic heterocycles. The van der Waals surface area contributed by atoms with Crippen LogP contribution in [0.4, 0.5) is 10.6 Å². The molecule has 0 bridgehead atoms. The average molecular weight is 632 g/mol. The molecule has 3 aromatic carbocycles. The normalized spacial score (nSPS) is 17.8. The van der Waals surface area contributed by atoms with Crippen LogP contribution in [0.1, 0.15) is 29.3 Å². The lowest BCUT2D eigenvalue weighted by molar-refractivity contribution is -0.0944. The molecule has 1 aliphatic heterocycles. The molecule has 0 radical (unpaired) electrons. The maximum Gasteiger partial charge on any atom is 0.412 e. The van der Waals surface area contributed by atoms with Gasteiger partial charge in [0.1, 0.15) is 41.9 Å². The quantitative estimate of drug-likeness (QED) is 0.164. The van der Waals surface area contributed by atoms with Crippen molar-refractivity contribution in [1.82, 2.24) is 9.55 Å². The van der Waals surface area contributed by atoms with Crippen LogP contribution in [0.25, 0.3) is 0 Å². The van der Waals surface area contributed by atoms with Crippen molar-refractivity contribution in [3.05, 3.63) is 118 Å². The topological polar surface area (TPSA) is 140 Å². The number of ether oxygens (including phenoxy) is 6. The zero-order chi connectivity index (χ0) is 32.5. The van der Waals surface area contributed by atoms with Gasteiger partial charge in [-0.15, -0.1) is 0 Å². The molecule has 0 saturated carbocycles. The van der Waals surface area contributed by atoms with Crippen molar-refractivity contribution in [2.24, 2.45) is 0 Å². The molecule has 1 amide bonds. The molecular formula is C34H37N3O9. The Hall–Kier alpha value is -4.75. The van der Waals surface area contributed by atoms with Crippen LogP contribution in [-0.2, 0) is 24.5 Å². The Labute approximate surface area is 266 Å². The fourth-order valence-corrected chi connectivity index (χ4v) is 5.38. The van der Waals surface area contributed by atoms with Crippen LogP contribution in [-0.4, -0.2) is 74.1 Å². The molecule has 1 saturated heterocycles. The predicted octanol–water partition coefficient (Wildman–Crippen LogP) is 4.11. The van der Waals surface area contributed by atoms with Gasteiger partial charge in [-0.2, -0.15) is 4.98 Å². The molecule has 1 fully saturated rings. The largest absolute Gasteiger partial charge is 0.497 e. The first-order valence-corrected chi connectivity index (χ1v) is 14.7. The van der Waals surface area contributed by atoms with Crippen LogP contribution < -0.4 is 20.5 Å². The predicted molar refractivity (Wildman–Crippen MR) is 168 cm³/mol. The number of carbonyl (C=O) groups excluding carboxylic acids is 1. The van der Waals surface area contributed by atoms with Gasteiger partial charge in [0.25, 0.3) is 0 Å². The monoisotopic (exact) mass is 631 g/mol. The first-order chi connectivity index (χ1) is 22.4. The molecule has 46 heavy (non-hydrogen) atoms. The van der Waals surface area contributed by atoms with Gasteiger partial charge in [-0.05, 0) is 47.0 Å². The van der Waals surface area contributed by atoms with E-state index in [2.05, 4.69) is 10.3 Å². The van der Waals surface area contributed by atoms with Crippen LogP contribution >= 0.6 is 0 Å². The van der Waals surface area contributed by atoms with E-state index in [1.54, 1.807) is 14.2 Å². The molecule has 242 valence electrons. The first-order valence-electron chi connectivity index (χ1n) is 14.7. The van der Waals surface area contributed by atoms with Crippen molar-refractivity contribution in [2.45, 2.75) is 30.5 Å². The van der Waals surface area contributed by atoms with Crippen molar-refractivity contribution in [2.75, 3.05) is 46.5 Å². The SMILES string of the molecule is COCCOC(=O)Nc1ccn([C@H]2C[C@H](O)[C@@H](COC(c3ccccc3)(c3ccc(OC)cc3)c3ccc(OC)cc3)O2)c(=O)n1. The molecule has 12 nitrogen and oxygen atoms in total. The number of aliphatic hydroxyl groups is 1. The lowest BCUT2D eigenvalue weighted by Crippen LogP contribution is -2.38. The Morgan fingerprint density at radius 2 is 1.52 bits per heavy atom. The number of methoxy groups -OCH3 is 3. The summed E-state index contributed by atoms with van der Waals surface area (Å²) in [7, 11) is 4.71. The van der Waals surface area contributed by atoms with Gasteiger partial charge in [0.15, 0.2) is 0 Å². The Bertz CT molecular complexity index is 1580. The number of aliphatic hydroxyl groups excluding tert-OH is 1. The van der Waals surface area contributed by atoms with Gasteiger partial charge in [-0.3, -0.25) is 9.88 Å². The minimum absolute atomic E-state index is 0.0141. The van der Waals surface area contributed by atoms with E-state index in [0.717, 1.165) is 16.7 Å². The summed E-state index contributed by atoms with van der Waals surface area (Å²) in [6.45, 7) is 0.278. The summed E-state index contributed by atoms with van der Waals surface area (Å²) in [4.78, 5) is 28.7. The van der Waals surface area contributed by atoms with E-state index in [4.69, 9.17) is 28.4 Å². The smallest absolute Gasteiger partial charge is 0.412 e. The molecule has 4 aromatic rings. The maximum atomic E-state index is 12.9. The van der Waals surface area contributed by atoms with E-state index in [-0.39, 0.29) is 32.1 Å². The second-order valence-electron chi connectivity index (χ2n) is 10.5. The summed E-state index contributed by atoms with van der Waals surface area (Å²) < 4.78 is 34.9. The molecule has 2 heterocycles. The summed E-state index contributed by atoms with van der Waals surface area (Å²) in [5, 5.41) is 13.5. The number of rotatable bonds is 13. The maximum absolute atomic E-state index is 12.9. The molecule has 0 spiro atoms. The van der Waals surface area contributed by atoms with Crippen LogP contribution in [0.15, 0.2) is 95.9 Å². The lowest BCUT2D eigenvalue weighted by Gasteiger charge is -2.37. The Morgan fingerprint density at radius 1 is 0.913 bits per heavy atom. The number of benzene rings is 3. The second kappa shape index (κ2) is 15.0. The van der Waals surface area contributed by atoms with Gasteiger partial charge in [0, 0.05) is 19.7 Å². The Morgan fingerprint density at radius 3 is 2.09 bits per heavy atom. The third-order valence-corrected chi connectivity index (χ3v) is 7.73. The lowest BCUT2D eigenvalue weighted by atomic mass is 9.80. The number of nitrogens with one attached hydrogen (secondary N) is 1. The van der Waals surface area contributed by atoms with Gasteiger partial charge < -0.3 is 33.5 Å². The van der Waals surface area contributed by atoms with Crippen LogP contribution in [0.5, 0.6) is 11.5 Å². The van der Waals surface area contributed by atoms with E-state index in [1.807, 2.05) is 78.9 Å². The van der Waals surface area contributed by atoms with E-state index < -0.39 is 35.8 Å². The number of hydrogen-bond acceptors (Lipinski definition) is 10. The van der Waals surface area contributed by atoms with Gasteiger partial charge in [0.05, 0.1) is 33.5 Å². The van der Waals surface area contributed by atoms with Crippen LogP contribution in [0.2, 0.25) is 0 Å². The molecule has 0 aliphatic carbocycles. The van der Waals surface area contributed by atoms with Gasteiger partial charge in [-0.25, -0.2) is 9.59 Å². The number of nitrogens with zero attached hydrogens (tertiary/aromatic N) is 2. The summed E-state index contributed by atoms with van der Waals surface area (Å²) in [5.41, 5.74) is 0.753. The van der Waals surface area contributed by atoms with Crippen molar-refractivity contribution in [3.8, 4) is 11.5 Å². The van der Waals surface area contributed by atoms with E-state index in [1.165, 1.54) is 23.9 Å². The summed E-state index contributed by atoms with van der Waals surface area (Å²) >= 11 is 0. The Balaban J connectivity index is 1.40. The number of carbonyl (C=O) groups is 1. The molecule has 2 N–H and O–H groups in total. The molecule has 5 rings (SSSR count). The Kier molecular flexibility index (Phi) is 10.7. The van der Waals surface area contributed by atoms with E-state index in [0.29, 0.717) is 11.5 Å². The first kappa shape index (κ1) is 32.6.